The summed E-state index contributed by atoms with van der Waals surface area (Å²) in [6.45, 7) is 1.21. The second kappa shape index (κ2) is 4.21. The van der Waals surface area contributed by atoms with E-state index in [-0.39, 0.29) is 0 Å². The van der Waals surface area contributed by atoms with Gasteiger partial charge in [-0.15, -0.1) is 0 Å². The van der Waals surface area contributed by atoms with E-state index in [1.807, 2.05) is 0 Å². The van der Waals surface area contributed by atoms with Gasteiger partial charge in [0.05, 0.1) is 0 Å². The van der Waals surface area contributed by atoms with Gasteiger partial charge in [0.2, 0.25) is 0 Å². The van der Waals surface area contributed by atoms with Crippen molar-refractivity contribution in [2.45, 2.75) is 50.0 Å². The van der Waals surface area contributed by atoms with Crippen molar-refractivity contribution in [2.24, 2.45) is 0 Å². The SMILES string of the molecule is c1ccc(C2CCNC3(CCCC3)C2)cc1. The lowest BCUT2D eigenvalue weighted by Crippen LogP contribution is -2.48. The Kier molecular flexibility index (Phi) is 2.72. The predicted octanol–water partition coefficient (Wildman–Crippen LogP) is 3.47. The first-order valence-corrected chi connectivity index (χ1v) is 6.68. The van der Waals surface area contributed by atoms with Crippen molar-refractivity contribution in [3.63, 3.8) is 0 Å². The van der Waals surface area contributed by atoms with E-state index >= 15 is 0 Å². The van der Waals surface area contributed by atoms with Crippen molar-refractivity contribution in [1.29, 1.82) is 0 Å². The van der Waals surface area contributed by atoms with Crippen molar-refractivity contribution >= 4 is 0 Å². The van der Waals surface area contributed by atoms with E-state index in [0.717, 1.165) is 5.92 Å². The van der Waals surface area contributed by atoms with Gasteiger partial charge in [-0.3, -0.25) is 0 Å². The Labute approximate surface area is 98.3 Å². The molecule has 16 heavy (non-hydrogen) atoms. The minimum absolute atomic E-state index is 0.499. The van der Waals surface area contributed by atoms with Crippen LogP contribution in [0.2, 0.25) is 0 Å². The highest BCUT2D eigenvalue weighted by Gasteiger charge is 2.38. The Morgan fingerprint density at radius 2 is 1.81 bits per heavy atom. The van der Waals surface area contributed by atoms with Crippen LogP contribution in [-0.2, 0) is 0 Å². The van der Waals surface area contributed by atoms with Crippen LogP contribution in [0.3, 0.4) is 0 Å². The summed E-state index contributed by atoms with van der Waals surface area (Å²) in [4.78, 5) is 0. The van der Waals surface area contributed by atoms with E-state index in [0.29, 0.717) is 5.54 Å². The van der Waals surface area contributed by atoms with Crippen molar-refractivity contribution in [3.8, 4) is 0 Å². The van der Waals surface area contributed by atoms with Gasteiger partial charge in [0.25, 0.3) is 0 Å². The fourth-order valence-electron chi connectivity index (χ4n) is 3.60. The molecule has 1 atom stereocenters. The van der Waals surface area contributed by atoms with Gasteiger partial charge in [0.1, 0.15) is 0 Å². The first kappa shape index (κ1) is 10.3. The van der Waals surface area contributed by atoms with Crippen molar-refractivity contribution in [3.05, 3.63) is 35.9 Å². The van der Waals surface area contributed by atoms with Gasteiger partial charge in [-0.1, -0.05) is 43.2 Å². The number of piperidine rings is 1. The second-order valence-electron chi connectivity index (χ2n) is 5.51. The molecular formula is C15H21N. The average molecular weight is 215 g/mol. The van der Waals surface area contributed by atoms with Crippen molar-refractivity contribution in [2.75, 3.05) is 6.54 Å². The van der Waals surface area contributed by atoms with Crippen LogP contribution in [0.4, 0.5) is 0 Å². The maximum Gasteiger partial charge on any atom is 0.0187 e. The van der Waals surface area contributed by atoms with Crippen LogP contribution in [0.5, 0.6) is 0 Å². The summed E-state index contributed by atoms with van der Waals surface area (Å²) in [6, 6.07) is 11.1. The highest BCUT2D eigenvalue weighted by molar-refractivity contribution is 5.21. The largest absolute Gasteiger partial charge is 0.311 e. The van der Waals surface area contributed by atoms with Gasteiger partial charge in [-0.2, -0.15) is 0 Å². The molecule has 0 amide bonds. The Balaban J connectivity index is 1.77. The molecule has 1 saturated carbocycles. The third-order valence-corrected chi connectivity index (χ3v) is 4.46. The smallest absolute Gasteiger partial charge is 0.0187 e. The van der Waals surface area contributed by atoms with Crippen LogP contribution in [0.15, 0.2) is 30.3 Å². The number of hydrogen-bond acceptors (Lipinski definition) is 1. The molecule has 2 aliphatic rings. The third-order valence-electron chi connectivity index (χ3n) is 4.46. The molecule has 1 heteroatoms. The van der Waals surface area contributed by atoms with E-state index in [4.69, 9.17) is 0 Å². The quantitative estimate of drug-likeness (QED) is 0.756. The molecule has 86 valence electrons. The number of hydrogen-bond donors (Lipinski definition) is 1. The first-order valence-electron chi connectivity index (χ1n) is 6.68. The van der Waals surface area contributed by atoms with Crippen LogP contribution < -0.4 is 5.32 Å². The van der Waals surface area contributed by atoms with Crippen LogP contribution >= 0.6 is 0 Å². The summed E-state index contributed by atoms with van der Waals surface area (Å²) < 4.78 is 0. The molecule has 0 aromatic heterocycles. The Morgan fingerprint density at radius 3 is 2.56 bits per heavy atom. The Morgan fingerprint density at radius 1 is 1.06 bits per heavy atom. The molecule has 1 N–H and O–H groups in total. The summed E-state index contributed by atoms with van der Waals surface area (Å²) in [6.07, 6.45) is 8.32. The lowest BCUT2D eigenvalue weighted by Gasteiger charge is -2.39. The summed E-state index contributed by atoms with van der Waals surface area (Å²) in [5.74, 6) is 0.792. The molecule has 2 fully saturated rings. The molecule has 3 rings (SSSR count). The monoisotopic (exact) mass is 215 g/mol. The van der Waals surface area contributed by atoms with Crippen molar-refractivity contribution < 1.29 is 0 Å². The van der Waals surface area contributed by atoms with Gasteiger partial charge in [0, 0.05) is 5.54 Å². The summed E-state index contributed by atoms with van der Waals surface area (Å²) in [5.41, 5.74) is 2.05. The number of rotatable bonds is 1. The Hall–Kier alpha value is -0.820. The van der Waals surface area contributed by atoms with E-state index < -0.39 is 0 Å². The first-order chi connectivity index (χ1) is 7.88. The highest BCUT2D eigenvalue weighted by atomic mass is 15.0. The average Bonchev–Trinajstić information content (AvgIpc) is 2.78. The molecule has 0 bridgehead atoms. The normalized spacial score (nSPS) is 28.4. The third kappa shape index (κ3) is 1.89. The zero-order valence-corrected chi connectivity index (χ0v) is 9.91. The second-order valence-corrected chi connectivity index (χ2v) is 5.51. The van der Waals surface area contributed by atoms with Crippen LogP contribution in [-0.4, -0.2) is 12.1 Å². The van der Waals surface area contributed by atoms with E-state index in [9.17, 15) is 0 Å². The molecule has 1 aliphatic heterocycles. The zero-order valence-electron chi connectivity index (χ0n) is 9.91. The maximum atomic E-state index is 3.79. The molecular weight excluding hydrogens is 194 g/mol. The fraction of sp³-hybridized carbons (Fsp3) is 0.600. The molecule has 1 heterocycles. The zero-order chi connectivity index (χ0) is 10.8. The van der Waals surface area contributed by atoms with Gasteiger partial charge < -0.3 is 5.32 Å². The molecule has 1 nitrogen and oxygen atoms in total. The fourth-order valence-corrected chi connectivity index (χ4v) is 3.60. The molecule has 0 radical (unpaired) electrons. The van der Waals surface area contributed by atoms with Gasteiger partial charge >= 0.3 is 0 Å². The van der Waals surface area contributed by atoms with Gasteiger partial charge in [-0.05, 0) is 43.7 Å². The number of nitrogens with one attached hydrogen (secondary N) is 1. The predicted molar refractivity (Wildman–Crippen MR) is 67.6 cm³/mol. The van der Waals surface area contributed by atoms with E-state index in [1.54, 1.807) is 5.56 Å². The maximum absolute atomic E-state index is 3.79. The summed E-state index contributed by atoms with van der Waals surface area (Å²) in [7, 11) is 0. The molecule has 1 aromatic rings. The highest BCUT2D eigenvalue weighted by Crippen LogP contribution is 2.41. The van der Waals surface area contributed by atoms with Gasteiger partial charge in [0.15, 0.2) is 0 Å². The van der Waals surface area contributed by atoms with Crippen molar-refractivity contribution in [1.82, 2.24) is 5.32 Å². The molecule has 1 unspecified atom stereocenters. The molecule has 1 spiro atoms. The summed E-state index contributed by atoms with van der Waals surface area (Å²) >= 11 is 0. The summed E-state index contributed by atoms with van der Waals surface area (Å²) in [5, 5.41) is 3.79. The minimum atomic E-state index is 0.499. The van der Waals surface area contributed by atoms with Crippen LogP contribution in [0.1, 0.15) is 50.0 Å². The van der Waals surface area contributed by atoms with E-state index in [1.165, 1.54) is 45.1 Å². The minimum Gasteiger partial charge on any atom is -0.311 e. The molecule has 1 aliphatic carbocycles. The lowest BCUT2D eigenvalue weighted by atomic mass is 9.78. The molecule has 1 saturated heterocycles. The van der Waals surface area contributed by atoms with E-state index in [2.05, 4.69) is 35.6 Å². The number of benzene rings is 1. The van der Waals surface area contributed by atoms with Gasteiger partial charge in [-0.25, -0.2) is 0 Å². The van der Waals surface area contributed by atoms with Crippen LogP contribution in [0, 0.1) is 0 Å². The Bertz CT molecular complexity index is 338. The standard InChI is InChI=1S/C15H21N/c1-2-6-13(7-3-1)14-8-11-16-15(12-14)9-4-5-10-15/h1-3,6-7,14,16H,4-5,8-12H2. The molecule has 1 aromatic carbocycles. The lowest BCUT2D eigenvalue weighted by molar-refractivity contribution is 0.236. The van der Waals surface area contributed by atoms with Crippen LogP contribution in [0.25, 0.3) is 0 Å². The topological polar surface area (TPSA) is 12.0 Å².